The van der Waals surface area contributed by atoms with Gasteiger partial charge < -0.3 is 0 Å². The Kier molecular flexibility index (Phi) is 3.04. The Morgan fingerprint density at radius 2 is 1.94 bits per heavy atom. The first-order valence-electron chi connectivity index (χ1n) is 5.32. The van der Waals surface area contributed by atoms with Crippen LogP contribution in [0, 0.1) is 0 Å². The molecular weight excluding hydrogens is 216 g/mol. The maximum Gasteiger partial charge on any atom is 0.413 e. The van der Waals surface area contributed by atoms with Gasteiger partial charge in [-0.2, -0.15) is 4.99 Å². The monoisotopic (exact) mass is 232 g/mol. The van der Waals surface area contributed by atoms with Gasteiger partial charge in [-0.15, -0.1) is 9.79 Å². The number of nitrogens with one attached hydrogen (secondary N) is 1. The Morgan fingerprint density at radius 1 is 1.24 bits per heavy atom. The summed E-state index contributed by atoms with van der Waals surface area (Å²) in [5.41, 5.74) is 17.7. The molecule has 0 aliphatic carbocycles. The van der Waals surface area contributed by atoms with Crippen LogP contribution in [0.1, 0.15) is 18.0 Å². The molecule has 6 heteroatoms. The smallest absolute Gasteiger partial charge is 0.275 e. The Hall–Kier alpha value is -2.37. The van der Waals surface area contributed by atoms with Crippen molar-refractivity contribution in [1.82, 2.24) is 0 Å². The standard InChI is InChI=1S/C11H14N6/c12-10(13)16-11(14)17-9(6-7-15-17)8-4-2-1-3-5-8/h1-5,7,9H,6H2,(H5,12,13,14,16)/p+2/t9-/m0/s1. The highest BCUT2D eigenvalue weighted by atomic mass is 15.5. The average Bonchev–Trinajstić information content (AvgIpc) is 2.78. The lowest BCUT2D eigenvalue weighted by molar-refractivity contribution is -0.607. The molecule has 0 bridgehead atoms. The third-order valence-corrected chi connectivity index (χ3v) is 2.53. The number of rotatable bonds is 1. The van der Waals surface area contributed by atoms with Gasteiger partial charge in [-0.3, -0.25) is 17.2 Å². The predicted molar refractivity (Wildman–Crippen MR) is 66.1 cm³/mol. The third kappa shape index (κ3) is 2.41. The Morgan fingerprint density at radius 3 is 2.59 bits per heavy atom. The number of hydrazone groups is 1. The molecule has 0 aromatic heterocycles. The summed E-state index contributed by atoms with van der Waals surface area (Å²) in [6.45, 7) is 0. The lowest BCUT2D eigenvalue weighted by Gasteiger charge is -2.09. The lowest BCUT2D eigenvalue weighted by atomic mass is 10.1. The number of benzene rings is 1. The van der Waals surface area contributed by atoms with Gasteiger partial charge in [0.05, 0.1) is 0 Å². The average molecular weight is 232 g/mol. The van der Waals surface area contributed by atoms with Crippen molar-refractivity contribution in [2.24, 2.45) is 22.3 Å². The number of hydrogen-bond acceptors (Lipinski definition) is 1. The van der Waals surface area contributed by atoms with Gasteiger partial charge in [0, 0.05) is 12.6 Å². The van der Waals surface area contributed by atoms with Crippen molar-refractivity contribution in [2.45, 2.75) is 12.5 Å². The molecule has 88 valence electrons. The molecule has 1 aromatic carbocycles. The van der Waals surface area contributed by atoms with Gasteiger partial charge in [0.25, 0.3) is 0 Å². The molecule has 1 aromatic rings. The summed E-state index contributed by atoms with van der Waals surface area (Å²) < 4.78 is 1.68. The summed E-state index contributed by atoms with van der Waals surface area (Å²) in [5.74, 6) is 0.379. The van der Waals surface area contributed by atoms with Crippen LogP contribution >= 0.6 is 0 Å². The van der Waals surface area contributed by atoms with Crippen LogP contribution in [0.15, 0.2) is 35.4 Å². The third-order valence-electron chi connectivity index (χ3n) is 2.53. The van der Waals surface area contributed by atoms with E-state index in [-0.39, 0.29) is 12.0 Å². The minimum Gasteiger partial charge on any atom is -0.275 e. The summed E-state index contributed by atoms with van der Waals surface area (Å²) in [7, 11) is 0. The first-order valence-corrected chi connectivity index (χ1v) is 5.32. The van der Waals surface area contributed by atoms with Crippen molar-refractivity contribution < 1.29 is 9.68 Å². The van der Waals surface area contributed by atoms with E-state index in [1.54, 1.807) is 4.68 Å². The predicted octanol–water partition coefficient (Wildman–Crippen LogP) is -2.20. The SMILES string of the molecule is NC(N)=[NH+]C(N)=[N+]1N=CC[C@H]1c1ccccc1. The minimum absolute atomic E-state index is 0.0522. The maximum atomic E-state index is 5.84. The first-order chi connectivity index (χ1) is 8.18. The van der Waals surface area contributed by atoms with Crippen molar-refractivity contribution in [2.75, 3.05) is 0 Å². The maximum absolute atomic E-state index is 5.84. The summed E-state index contributed by atoms with van der Waals surface area (Å²) in [4.78, 5) is 2.66. The van der Waals surface area contributed by atoms with Crippen LogP contribution in [-0.2, 0) is 0 Å². The van der Waals surface area contributed by atoms with E-state index in [9.17, 15) is 0 Å². The zero-order chi connectivity index (χ0) is 12.3. The molecule has 0 saturated carbocycles. The number of hydrogen-bond donors (Lipinski definition) is 4. The van der Waals surface area contributed by atoms with Gasteiger partial charge in [-0.25, -0.2) is 0 Å². The molecule has 17 heavy (non-hydrogen) atoms. The van der Waals surface area contributed by atoms with Gasteiger partial charge in [0.15, 0.2) is 0 Å². The van der Waals surface area contributed by atoms with Crippen molar-refractivity contribution in [3.8, 4) is 0 Å². The van der Waals surface area contributed by atoms with Crippen LogP contribution in [0.3, 0.4) is 0 Å². The van der Waals surface area contributed by atoms with Gasteiger partial charge in [-0.05, 0) is 5.56 Å². The van der Waals surface area contributed by atoms with Crippen molar-refractivity contribution in [1.29, 1.82) is 0 Å². The normalized spacial score (nSPS) is 21.3. The van der Waals surface area contributed by atoms with Gasteiger partial charge in [0.1, 0.15) is 6.04 Å². The van der Waals surface area contributed by atoms with Gasteiger partial charge in [0.2, 0.25) is 0 Å². The molecule has 1 heterocycles. The lowest BCUT2D eigenvalue weighted by Crippen LogP contribution is -2.86. The largest absolute Gasteiger partial charge is 0.413 e. The summed E-state index contributed by atoms with van der Waals surface area (Å²) >= 11 is 0. The molecule has 7 N–H and O–H groups in total. The van der Waals surface area contributed by atoms with Crippen LogP contribution in [0.2, 0.25) is 0 Å². The molecule has 0 spiro atoms. The molecule has 0 radical (unpaired) electrons. The highest BCUT2D eigenvalue weighted by Gasteiger charge is 2.26. The van der Waals surface area contributed by atoms with Gasteiger partial charge in [-0.1, -0.05) is 30.3 Å². The Labute approximate surface area is 99.1 Å². The van der Waals surface area contributed by atoms with Gasteiger partial charge >= 0.3 is 11.9 Å². The summed E-state index contributed by atoms with van der Waals surface area (Å²) in [5, 5.41) is 4.21. The van der Waals surface area contributed by atoms with E-state index in [2.05, 4.69) is 10.1 Å². The van der Waals surface area contributed by atoms with Crippen LogP contribution < -0.4 is 22.2 Å². The molecule has 0 unspecified atom stereocenters. The fourth-order valence-electron chi connectivity index (χ4n) is 1.80. The summed E-state index contributed by atoms with van der Waals surface area (Å²) in [6.07, 6.45) is 2.62. The van der Waals surface area contributed by atoms with Crippen LogP contribution in [0.4, 0.5) is 0 Å². The summed E-state index contributed by atoms with van der Waals surface area (Å²) in [6, 6.07) is 10.1. The molecule has 2 rings (SSSR count). The molecule has 6 nitrogen and oxygen atoms in total. The second kappa shape index (κ2) is 4.65. The fourth-order valence-corrected chi connectivity index (χ4v) is 1.80. The highest BCUT2D eigenvalue weighted by molar-refractivity contribution is 5.76. The first kappa shape index (κ1) is 11.1. The molecule has 1 atom stereocenters. The van der Waals surface area contributed by atoms with E-state index < -0.39 is 0 Å². The van der Waals surface area contributed by atoms with E-state index >= 15 is 0 Å². The molecule has 0 saturated heterocycles. The Bertz CT molecular complexity index is 484. The van der Waals surface area contributed by atoms with Crippen LogP contribution in [0.5, 0.6) is 0 Å². The molecular formula is C11H16N6+2. The number of nitrogens with two attached hydrogens (primary N) is 3. The molecule has 0 fully saturated rings. The van der Waals surface area contributed by atoms with Crippen molar-refractivity contribution in [3.63, 3.8) is 0 Å². The molecule has 1 aliphatic heterocycles. The van der Waals surface area contributed by atoms with E-state index in [1.807, 2.05) is 36.5 Å². The van der Waals surface area contributed by atoms with Crippen molar-refractivity contribution in [3.05, 3.63) is 35.9 Å². The minimum atomic E-state index is 0.0522. The highest BCUT2D eigenvalue weighted by Crippen LogP contribution is 2.23. The number of guanidine groups is 2. The topological polar surface area (TPSA) is 107 Å². The molecule has 1 aliphatic rings. The Balaban J connectivity index is 2.35. The second-order valence-electron chi connectivity index (χ2n) is 3.77. The zero-order valence-electron chi connectivity index (χ0n) is 9.38. The van der Waals surface area contributed by atoms with E-state index in [0.717, 1.165) is 12.0 Å². The molecule has 0 amide bonds. The second-order valence-corrected chi connectivity index (χ2v) is 3.77. The number of nitrogens with zero attached hydrogens (tertiary/aromatic N) is 2. The van der Waals surface area contributed by atoms with Crippen LogP contribution in [-0.4, -0.2) is 22.8 Å². The van der Waals surface area contributed by atoms with Crippen LogP contribution in [0.25, 0.3) is 0 Å². The quantitative estimate of drug-likeness (QED) is 0.251. The van der Waals surface area contributed by atoms with E-state index in [0.29, 0.717) is 5.96 Å². The van der Waals surface area contributed by atoms with E-state index in [4.69, 9.17) is 17.2 Å². The fraction of sp³-hybridized carbons (Fsp3) is 0.182. The van der Waals surface area contributed by atoms with E-state index in [1.165, 1.54) is 0 Å². The zero-order valence-corrected chi connectivity index (χ0v) is 9.38. The van der Waals surface area contributed by atoms with Crippen molar-refractivity contribution >= 4 is 18.1 Å².